The van der Waals surface area contributed by atoms with Gasteiger partial charge in [-0.2, -0.15) is 0 Å². The van der Waals surface area contributed by atoms with Crippen LogP contribution in [0.3, 0.4) is 0 Å². The fourth-order valence-corrected chi connectivity index (χ4v) is 4.17. The lowest BCUT2D eigenvalue weighted by Crippen LogP contribution is -2.46. The molecule has 24 heavy (non-hydrogen) atoms. The highest BCUT2D eigenvalue weighted by Gasteiger charge is 2.21. The number of aromatic nitrogens is 2. The van der Waals surface area contributed by atoms with Crippen LogP contribution < -0.4 is 14.5 Å². The Morgan fingerprint density at radius 3 is 2.54 bits per heavy atom. The van der Waals surface area contributed by atoms with Gasteiger partial charge in [0, 0.05) is 32.4 Å². The van der Waals surface area contributed by atoms with Gasteiger partial charge in [0.2, 0.25) is 0 Å². The Morgan fingerprint density at radius 1 is 1.04 bits per heavy atom. The van der Waals surface area contributed by atoms with Gasteiger partial charge in [0.25, 0.3) is 0 Å². The maximum Gasteiger partial charge on any atom is 0.186 e. The van der Waals surface area contributed by atoms with Crippen molar-refractivity contribution in [2.24, 2.45) is 0 Å². The van der Waals surface area contributed by atoms with Crippen molar-refractivity contribution < 1.29 is 4.74 Å². The van der Waals surface area contributed by atoms with Crippen LogP contribution in [0.2, 0.25) is 0 Å². The first-order valence-electron chi connectivity index (χ1n) is 8.11. The van der Waals surface area contributed by atoms with E-state index in [-0.39, 0.29) is 0 Å². The Kier molecular flexibility index (Phi) is 3.98. The molecule has 0 radical (unpaired) electrons. The molecule has 0 aliphatic carbocycles. The van der Waals surface area contributed by atoms with Gasteiger partial charge in [-0.3, -0.25) is 0 Å². The van der Waals surface area contributed by atoms with Gasteiger partial charge in [-0.15, -0.1) is 0 Å². The largest absolute Gasteiger partial charge is 0.494 e. The molecule has 0 spiro atoms. The SMILES string of the molecule is COc1ccc(C)c2sc(N3CCN(c4ccccn4)CC3)nc12. The summed E-state index contributed by atoms with van der Waals surface area (Å²) in [6, 6.07) is 10.2. The van der Waals surface area contributed by atoms with E-state index in [9.17, 15) is 0 Å². The highest BCUT2D eigenvalue weighted by atomic mass is 32.1. The molecule has 0 bridgehead atoms. The van der Waals surface area contributed by atoms with Gasteiger partial charge in [0.05, 0.1) is 11.8 Å². The maximum absolute atomic E-state index is 5.47. The van der Waals surface area contributed by atoms with Crippen molar-refractivity contribution in [2.75, 3.05) is 43.1 Å². The van der Waals surface area contributed by atoms with Gasteiger partial charge in [-0.25, -0.2) is 9.97 Å². The van der Waals surface area contributed by atoms with Crippen LogP contribution in [-0.2, 0) is 0 Å². The number of rotatable bonds is 3. The first kappa shape index (κ1) is 15.2. The molecule has 0 unspecified atom stereocenters. The van der Waals surface area contributed by atoms with Crippen LogP contribution in [-0.4, -0.2) is 43.3 Å². The summed E-state index contributed by atoms with van der Waals surface area (Å²) in [5.41, 5.74) is 2.23. The molecule has 0 saturated carbocycles. The minimum absolute atomic E-state index is 0.852. The van der Waals surface area contributed by atoms with Crippen LogP contribution in [0.25, 0.3) is 10.2 Å². The normalized spacial score (nSPS) is 15.1. The fourth-order valence-electron chi connectivity index (χ4n) is 3.07. The zero-order chi connectivity index (χ0) is 16.5. The lowest BCUT2D eigenvalue weighted by Gasteiger charge is -2.35. The van der Waals surface area contributed by atoms with E-state index in [1.165, 1.54) is 10.3 Å². The van der Waals surface area contributed by atoms with Crippen LogP contribution in [0.4, 0.5) is 10.9 Å². The number of thiazole rings is 1. The summed E-state index contributed by atoms with van der Waals surface area (Å²) in [5.74, 6) is 1.91. The number of fused-ring (bicyclic) bond motifs is 1. The molecule has 4 rings (SSSR count). The number of piperazine rings is 1. The number of benzene rings is 1. The number of methoxy groups -OCH3 is 1. The van der Waals surface area contributed by atoms with E-state index >= 15 is 0 Å². The van der Waals surface area contributed by atoms with Crippen molar-refractivity contribution in [1.82, 2.24) is 9.97 Å². The number of anilines is 2. The molecular formula is C18H20N4OS. The molecule has 3 aromatic rings. The smallest absolute Gasteiger partial charge is 0.186 e. The van der Waals surface area contributed by atoms with Crippen LogP contribution in [0.1, 0.15) is 5.56 Å². The summed E-state index contributed by atoms with van der Waals surface area (Å²) < 4.78 is 6.69. The van der Waals surface area contributed by atoms with Crippen molar-refractivity contribution in [3.05, 3.63) is 42.1 Å². The summed E-state index contributed by atoms with van der Waals surface area (Å²) in [6.07, 6.45) is 1.85. The lowest BCUT2D eigenvalue weighted by atomic mass is 10.2. The molecule has 2 aromatic heterocycles. The molecule has 6 heteroatoms. The third kappa shape index (κ3) is 2.67. The molecule has 1 aliphatic rings. The Labute approximate surface area is 145 Å². The molecule has 1 aliphatic heterocycles. The molecule has 3 heterocycles. The van der Waals surface area contributed by atoms with Gasteiger partial charge in [0.15, 0.2) is 5.13 Å². The summed E-state index contributed by atoms with van der Waals surface area (Å²) in [5, 5.41) is 1.08. The number of nitrogens with zero attached hydrogens (tertiary/aromatic N) is 4. The highest BCUT2D eigenvalue weighted by molar-refractivity contribution is 7.22. The minimum Gasteiger partial charge on any atom is -0.494 e. The van der Waals surface area contributed by atoms with E-state index in [1.807, 2.05) is 24.4 Å². The molecule has 1 aromatic carbocycles. The first-order chi connectivity index (χ1) is 11.8. The molecule has 1 saturated heterocycles. The summed E-state index contributed by atoms with van der Waals surface area (Å²) >= 11 is 1.76. The standard InChI is InChI=1S/C18H20N4OS/c1-13-6-7-14(23-2)16-17(13)24-18(20-16)22-11-9-21(10-12-22)15-5-3-4-8-19-15/h3-8H,9-12H2,1-2H3. The predicted octanol–water partition coefficient (Wildman–Crippen LogP) is 3.33. The second-order valence-electron chi connectivity index (χ2n) is 5.92. The fraction of sp³-hybridized carbons (Fsp3) is 0.333. The maximum atomic E-state index is 5.47. The average Bonchev–Trinajstić information content (AvgIpc) is 3.09. The van der Waals surface area contributed by atoms with E-state index in [1.54, 1.807) is 18.4 Å². The summed E-state index contributed by atoms with van der Waals surface area (Å²) in [7, 11) is 1.70. The van der Waals surface area contributed by atoms with Gasteiger partial charge in [-0.05, 0) is 30.7 Å². The lowest BCUT2D eigenvalue weighted by molar-refractivity contribution is 0.419. The topological polar surface area (TPSA) is 41.5 Å². The van der Waals surface area contributed by atoms with Crippen molar-refractivity contribution in [3.63, 3.8) is 0 Å². The second kappa shape index (κ2) is 6.28. The summed E-state index contributed by atoms with van der Waals surface area (Å²) in [6.45, 7) is 5.96. The molecule has 124 valence electrons. The summed E-state index contributed by atoms with van der Waals surface area (Å²) in [4.78, 5) is 14.0. The van der Waals surface area contributed by atoms with Crippen LogP contribution in [0.5, 0.6) is 5.75 Å². The van der Waals surface area contributed by atoms with E-state index in [4.69, 9.17) is 9.72 Å². The van der Waals surface area contributed by atoms with Gasteiger partial charge in [-0.1, -0.05) is 23.5 Å². The highest BCUT2D eigenvalue weighted by Crippen LogP contribution is 2.36. The number of aryl methyl sites for hydroxylation is 1. The van der Waals surface area contributed by atoms with Crippen LogP contribution in [0.15, 0.2) is 36.5 Å². The van der Waals surface area contributed by atoms with Crippen molar-refractivity contribution in [3.8, 4) is 5.75 Å². The zero-order valence-corrected chi connectivity index (χ0v) is 14.7. The Hall–Kier alpha value is -2.34. The van der Waals surface area contributed by atoms with E-state index in [0.717, 1.165) is 48.4 Å². The molecule has 5 nitrogen and oxygen atoms in total. The molecule has 1 fully saturated rings. The Balaban J connectivity index is 1.56. The Bertz CT molecular complexity index is 841. The number of ether oxygens (including phenoxy) is 1. The van der Waals surface area contributed by atoms with E-state index < -0.39 is 0 Å². The number of hydrogen-bond acceptors (Lipinski definition) is 6. The number of hydrogen-bond donors (Lipinski definition) is 0. The quantitative estimate of drug-likeness (QED) is 0.731. The molecular weight excluding hydrogens is 320 g/mol. The van der Waals surface area contributed by atoms with Gasteiger partial charge in [0.1, 0.15) is 17.1 Å². The minimum atomic E-state index is 0.852. The van der Waals surface area contributed by atoms with Crippen molar-refractivity contribution >= 4 is 32.5 Å². The molecule has 0 N–H and O–H groups in total. The monoisotopic (exact) mass is 340 g/mol. The van der Waals surface area contributed by atoms with Gasteiger partial charge < -0.3 is 14.5 Å². The van der Waals surface area contributed by atoms with Crippen LogP contribution >= 0.6 is 11.3 Å². The van der Waals surface area contributed by atoms with Crippen LogP contribution in [0, 0.1) is 6.92 Å². The van der Waals surface area contributed by atoms with Gasteiger partial charge >= 0.3 is 0 Å². The second-order valence-corrected chi connectivity index (χ2v) is 6.90. The molecule has 0 atom stereocenters. The third-order valence-corrected chi connectivity index (χ3v) is 5.69. The predicted molar refractivity (Wildman–Crippen MR) is 99.6 cm³/mol. The van der Waals surface area contributed by atoms with Crippen molar-refractivity contribution in [1.29, 1.82) is 0 Å². The van der Waals surface area contributed by atoms with E-state index in [2.05, 4.69) is 33.8 Å². The average molecular weight is 340 g/mol. The van der Waals surface area contributed by atoms with E-state index in [0.29, 0.717) is 0 Å². The zero-order valence-electron chi connectivity index (χ0n) is 13.9. The first-order valence-corrected chi connectivity index (χ1v) is 8.93. The van der Waals surface area contributed by atoms with Crippen molar-refractivity contribution in [2.45, 2.75) is 6.92 Å². The Morgan fingerprint density at radius 2 is 1.83 bits per heavy atom. The number of pyridine rings is 1. The molecule has 0 amide bonds. The third-order valence-electron chi connectivity index (χ3n) is 4.44.